The lowest BCUT2D eigenvalue weighted by Crippen LogP contribution is -2.34. The molecular weight excluding hydrogens is 1340 g/mol. The minimum absolute atomic E-state index is 0.0314. The van der Waals surface area contributed by atoms with E-state index in [1.165, 1.54) is 55.5 Å². The number of imide groups is 1. The van der Waals surface area contributed by atoms with Gasteiger partial charge in [-0.25, -0.2) is 13.2 Å². The maximum atomic E-state index is 13.2. The van der Waals surface area contributed by atoms with E-state index < -0.39 is 44.6 Å². The highest BCUT2D eigenvalue weighted by Gasteiger charge is 2.48. The van der Waals surface area contributed by atoms with Crippen molar-refractivity contribution in [2.24, 2.45) is 0 Å². The second-order valence-electron chi connectivity index (χ2n) is 28.7. The van der Waals surface area contributed by atoms with Crippen molar-refractivity contribution in [2.75, 3.05) is 47.6 Å². The van der Waals surface area contributed by atoms with Gasteiger partial charge in [0.05, 0.1) is 23.7 Å². The number of anilines is 2. The maximum Gasteiger partial charge on any atom is 0.335 e. The van der Waals surface area contributed by atoms with E-state index in [9.17, 15) is 32.1 Å². The summed E-state index contributed by atoms with van der Waals surface area (Å²) in [6, 6.07) is 50.3. The summed E-state index contributed by atoms with van der Waals surface area (Å²) in [6.07, 6.45) is 28.7. The zero-order chi connectivity index (χ0) is 72.8. The molecule has 0 aromatic heterocycles. The van der Waals surface area contributed by atoms with Crippen LogP contribution in [0.2, 0.25) is 0 Å². The standard InChI is InChI=1S/C43H41N3O7S.C43H44N3OS2/c1-42(2)35(44(27-26-39(49)53-46-37(47)24-25-38(46)48)33-22-20-29-14-10-12-16-31(29)40(33)42)18-8-6-5-7-9-19-36-43(3,4)41-32-17-13-11-15-30(32)21-23-34(41)45(36)28-54(50,51)52;1-6-44-34-24-22-30-16-12-14-18-32(30)39(34)42(2,3)36(44)20-10-8-7-9-11-21-37-43(4,5)40-33-19-15-13-17-31(33)23-25-35(40)45(37)27-26-38(47)46-28-29-49-41(46)48/h5-23H,24-28H2,1-4H3;7-25H,6,26-29H2,1-5H3/q;+1. The summed E-state index contributed by atoms with van der Waals surface area (Å²) in [4.78, 5) is 61.6. The van der Waals surface area contributed by atoms with Crippen LogP contribution in [0.3, 0.4) is 0 Å². The first kappa shape index (κ1) is 71.5. The molecule has 17 heteroatoms. The van der Waals surface area contributed by atoms with Gasteiger partial charge in [-0.1, -0.05) is 222 Å². The molecule has 3 amide bonds. The van der Waals surface area contributed by atoms with Crippen LogP contribution in [-0.2, 0) is 55.8 Å². The average Bonchev–Trinajstić information content (AvgIpc) is 1.60. The topological polar surface area (TPSA) is 154 Å². The number of allylic oxidation sites excluding steroid dienone is 16. The summed E-state index contributed by atoms with van der Waals surface area (Å²) in [6.45, 7) is 22.4. The number of benzene rings is 8. The van der Waals surface area contributed by atoms with Crippen molar-refractivity contribution in [3.8, 4) is 0 Å². The van der Waals surface area contributed by atoms with Gasteiger partial charge in [0.1, 0.15) is 4.32 Å². The van der Waals surface area contributed by atoms with E-state index in [1.54, 1.807) is 21.2 Å². The van der Waals surface area contributed by atoms with Crippen LogP contribution >= 0.6 is 24.0 Å². The normalized spacial score (nSPS) is 19.0. The first-order valence-corrected chi connectivity index (χ1v) is 38.2. The maximum absolute atomic E-state index is 13.2. The van der Waals surface area contributed by atoms with Gasteiger partial charge >= 0.3 is 5.97 Å². The number of hydroxylamine groups is 2. The predicted molar refractivity (Wildman–Crippen MR) is 422 cm³/mol. The molecule has 6 heterocycles. The van der Waals surface area contributed by atoms with Crippen LogP contribution in [0.25, 0.3) is 43.1 Å². The Kier molecular flexibility index (Phi) is 19.9. The summed E-state index contributed by atoms with van der Waals surface area (Å²) in [5.74, 6) is -1.38. The second kappa shape index (κ2) is 28.7. The summed E-state index contributed by atoms with van der Waals surface area (Å²) < 4.78 is 40.7. The monoisotopic (exact) mass is 1430 g/mol. The van der Waals surface area contributed by atoms with Crippen LogP contribution in [-0.4, -0.2) is 109 Å². The lowest BCUT2D eigenvalue weighted by atomic mass is 9.79. The molecule has 2 fully saturated rings. The Morgan fingerprint density at radius 2 is 0.951 bits per heavy atom. The number of carbonyl (C=O) groups excluding carboxylic acids is 4. The number of nitrogens with zero attached hydrogens (tertiary/aromatic N) is 6. The number of likely N-dealkylation sites (N-methyl/N-ethyl adjacent to an activating group) is 1. The molecule has 0 unspecified atom stereocenters. The van der Waals surface area contributed by atoms with Crippen molar-refractivity contribution >= 4 is 139 Å². The van der Waals surface area contributed by atoms with Crippen molar-refractivity contribution in [2.45, 2.75) is 110 Å². The van der Waals surface area contributed by atoms with Crippen molar-refractivity contribution in [3.05, 3.63) is 264 Å². The van der Waals surface area contributed by atoms with Crippen LogP contribution in [0.1, 0.15) is 110 Å². The molecule has 0 radical (unpaired) electrons. The molecule has 524 valence electrons. The number of thiocarbonyl (C=S) groups is 1. The number of hydrogen-bond acceptors (Lipinski definition) is 12. The fourth-order valence-corrected chi connectivity index (χ4v) is 18.0. The Morgan fingerprint density at radius 1 is 0.534 bits per heavy atom. The van der Waals surface area contributed by atoms with Gasteiger partial charge in [-0.15, -0.1) is 5.06 Å². The average molecular weight is 1430 g/mol. The lowest BCUT2D eigenvalue weighted by Gasteiger charge is -2.27. The molecule has 0 atom stereocenters. The summed E-state index contributed by atoms with van der Waals surface area (Å²) in [5.41, 5.74) is 11.8. The highest BCUT2D eigenvalue weighted by atomic mass is 32.2. The SMILES string of the molecule is CC1(C)C(=CC=CC=CC=CC2=[N+](CS(=O)(=O)[O-])c3ccc4ccccc4c3C2(C)C)N(CCC(=O)ON2C(=O)CCC2=O)c2ccc3ccccc3c21.CCN1/C(=C/C=C/C=C/C=C/C2=[N+](CCC(=O)N3CCSC3=S)c3ccc4ccccc4c3C2(C)C)C(C)(C)c2c1ccc1ccccc21. The summed E-state index contributed by atoms with van der Waals surface area (Å²) >= 11 is 7.04. The third-order valence-corrected chi connectivity index (χ3v) is 22.9. The van der Waals surface area contributed by atoms with E-state index in [-0.39, 0.29) is 42.5 Å². The van der Waals surface area contributed by atoms with E-state index in [0.717, 1.165) is 56.4 Å². The third kappa shape index (κ3) is 13.6. The van der Waals surface area contributed by atoms with E-state index in [2.05, 4.69) is 202 Å². The van der Waals surface area contributed by atoms with Crippen molar-refractivity contribution in [3.63, 3.8) is 0 Å². The van der Waals surface area contributed by atoms with Crippen molar-refractivity contribution in [1.29, 1.82) is 0 Å². The van der Waals surface area contributed by atoms with E-state index >= 15 is 0 Å². The van der Waals surface area contributed by atoms with Crippen LogP contribution < -0.4 is 9.80 Å². The zero-order valence-corrected chi connectivity index (χ0v) is 62.1. The van der Waals surface area contributed by atoms with E-state index in [0.29, 0.717) is 40.3 Å². The molecule has 2 saturated heterocycles. The molecule has 8 aromatic carbocycles. The number of thioether (sulfide) groups is 1. The van der Waals surface area contributed by atoms with Gasteiger partial charge in [-0.3, -0.25) is 19.3 Å². The molecule has 14 rings (SSSR count). The number of amides is 3. The van der Waals surface area contributed by atoms with Gasteiger partial charge in [-0.2, -0.15) is 9.15 Å². The molecule has 0 saturated carbocycles. The fraction of sp³-hybridized carbons (Fsp3) is 0.267. The van der Waals surface area contributed by atoms with Crippen LogP contribution in [0.5, 0.6) is 0 Å². The molecule has 8 aromatic rings. The molecule has 103 heavy (non-hydrogen) atoms. The number of hydrogen-bond donors (Lipinski definition) is 0. The van der Waals surface area contributed by atoms with Gasteiger partial charge in [0, 0.05) is 107 Å². The number of rotatable bonds is 18. The minimum Gasteiger partial charge on any atom is -0.743 e. The third-order valence-electron chi connectivity index (χ3n) is 20.9. The lowest BCUT2D eigenvalue weighted by molar-refractivity contribution is -0.436. The molecule has 6 aliphatic rings. The molecule has 0 spiro atoms. The van der Waals surface area contributed by atoms with E-state index in [4.69, 9.17) is 17.1 Å². The molecule has 0 aliphatic carbocycles. The molecular formula is C86H85N6O8S3+. The Bertz CT molecular complexity index is 5300. The number of fused-ring (bicyclic) bond motifs is 12. The fourth-order valence-electron chi connectivity index (χ4n) is 16.2. The van der Waals surface area contributed by atoms with Crippen LogP contribution in [0.4, 0.5) is 22.7 Å². The largest absolute Gasteiger partial charge is 0.743 e. The summed E-state index contributed by atoms with van der Waals surface area (Å²) in [7, 11) is -4.58. The highest BCUT2D eigenvalue weighted by molar-refractivity contribution is 8.23. The minimum atomic E-state index is -4.58. The van der Waals surface area contributed by atoms with Crippen LogP contribution in [0.15, 0.2) is 242 Å². The molecule has 6 aliphatic heterocycles. The second-order valence-corrected chi connectivity index (χ2v) is 31.8. The van der Waals surface area contributed by atoms with Gasteiger partial charge in [-0.05, 0) is 125 Å². The van der Waals surface area contributed by atoms with E-state index in [1.807, 2.05) is 105 Å². The van der Waals surface area contributed by atoms with Gasteiger partial charge in [0.15, 0.2) is 28.1 Å². The van der Waals surface area contributed by atoms with Gasteiger partial charge < -0.3 is 19.2 Å². The first-order chi connectivity index (χ1) is 49.3. The quantitative estimate of drug-likeness (QED) is 0.0264. The van der Waals surface area contributed by atoms with Crippen LogP contribution in [0, 0.1) is 0 Å². The first-order valence-electron chi connectivity index (χ1n) is 35.2. The van der Waals surface area contributed by atoms with Crippen molar-refractivity contribution in [1.82, 2.24) is 9.96 Å². The molecule has 14 nitrogen and oxygen atoms in total. The summed E-state index contributed by atoms with van der Waals surface area (Å²) in [5, 5.41) is 9.96. The van der Waals surface area contributed by atoms with Gasteiger partial charge in [0.25, 0.3) is 11.8 Å². The molecule has 0 bridgehead atoms. The van der Waals surface area contributed by atoms with Crippen molar-refractivity contribution < 1.29 is 46.1 Å². The number of carbonyl (C=O) groups is 4. The van der Waals surface area contributed by atoms with Gasteiger partial charge in [0.2, 0.25) is 23.2 Å². The Morgan fingerprint density at radius 3 is 1.42 bits per heavy atom. The Balaban J connectivity index is 0.000000184. The smallest absolute Gasteiger partial charge is 0.335 e. The Hall–Kier alpha value is -9.91. The molecule has 0 N–H and O–H groups in total. The predicted octanol–water partition coefficient (Wildman–Crippen LogP) is 17.2. The Labute approximate surface area is 613 Å². The highest BCUT2D eigenvalue weighted by Crippen LogP contribution is 2.53. The zero-order valence-electron chi connectivity index (χ0n) is 59.7.